The molecule has 0 saturated carbocycles. The highest BCUT2D eigenvalue weighted by molar-refractivity contribution is 7.22. The molecular formula is C24H17FN2O4S. The van der Waals surface area contributed by atoms with Gasteiger partial charge in [0, 0.05) is 0 Å². The third-order valence-electron chi connectivity index (χ3n) is 5.39. The minimum atomic E-state index is -1.06. The number of amides is 1. The summed E-state index contributed by atoms with van der Waals surface area (Å²) in [5.41, 5.74) is 2.88. The number of aliphatic hydroxyl groups is 1. The van der Waals surface area contributed by atoms with Gasteiger partial charge in [-0.25, -0.2) is 9.37 Å². The van der Waals surface area contributed by atoms with Gasteiger partial charge in [0.1, 0.15) is 5.82 Å². The van der Waals surface area contributed by atoms with Gasteiger partial charge >= 0.3 is 0 Å². The van der Waals surface area contributed by atoms with Crippen LogP contribution in [-0.4, -0.2) is 21.8 Å². The number of aryl methyl sites for hydroxylation is 2. The third-order valence-corrected chi connectivity index (χ3v) is 6.39. The number of thiazole rings is 1. The Morgan fingerprint density at radius 1 is 1.19 bits per heavy atom. The number of hydrogen-bond acceptors (Lipinski definition) is 6. The van der Waals surface area contributed by atoms with Gasteiger partial charge < -0.3 is 9.52 Å². The first-order valence-electron chi connectivity index (χ1n) is 9.83. The van der Waals surface area contributed by atoms with Gasteiger partial charge in [0.2, 0.25) is 5.78 Å². The van der Waals surface area contributed by atoms with Crippen molar-refractivity contribution in [1.82, 2.24) is 4.98 Å². The van der Waals surface area contributed by atoms with Gasteiger partial charge in [0.25, 0.3) is 5.91 Å². The zero-order valence-corrected chi connectivity index (χ0v) is 17.9. The van der Waals surface area contributed by atoms with Crippen molar-refractivity contribution in [2.45, 2.75) is 19.9 Å². The number of halogens is 1. The Labute approximate surface area is 186 Å². The Hall–Kier alpha value is -3.78. The number of furan rings is 1. The molecule has 32 heavy (non-hydrogen) atoms. The minimum absolute atomic E-state index is 0.0293. The zero-order valence-electron chi connectivity index (χ0n) is 17.1. The smallest absolute Gasteiger partial charge is 0.296 e. The van der Waals surface area contributed by atoms with Crippen LogP contribution in [0.2, 0.25) is 0 Å². The topological polar surface area (TPSA) is 83.6 Å². The van der Waals surface area contributed by atoms with Crippen molar-refractivity contribution < 1.29 is 23.5 Å². The quantitative estimate of drug-likeness (QED) is 0.421. The average molecular weight is 448 g/mol. The number of anilines is 1. The fraction of sp³-hybridized carbons (Fsp3) is 0.125. The molecule has 160 valence electrons. The van der Waals surface area contributed by atoms with Gasteiger partial charge in [-0.1, -0.05) is 29.5 Å². The van der Waals surface area contributed by atoms with E-state index < -0.39 is 29.3 Å². The van der Waals surface area contributed by atoms with E-state index in [4.69, 9.17) is 4.42 Å². The van der Waals surface area contributed by atoms with Crippen LogP contribution < -0.4 is 4.90 Å². The molecule has 1 amide bonds. The summed E-state index contributed by atoms with van der Waals surface area (Å²) < 4.78 is 20.2. The Morgan fingerprint density at radius 2 is 2.00 bits per heavy atom. The number of carbonyl (C=O) groups is 2. The van der Waals surface area contributed by atoms with E-state index in [-0.39, 0.29) is 11.3 Å². The number of Topliss-reactive ketones (excluding diaryl/α,β-unsaturated/α-hetero) is 1. The molecule has 1 aliphatic rings. The van der Waals surface area contributed by atoms with Gasteiger partial charge in [-0.2, -0.15) is 0 Å². The Balaban J connectivity index is 1.71. The van der Waals surface area contributed by atoms with Crippen molar-refractivity contribution in [2.75, 3.05) is 4.90 Å². The lowest BCUT2D eigenvalue weighted by atomic mass is 9.95. The van der Waals surface area contributed by atoms with Crippen molar-refractivity contribution in [3.05, 3.63) is 94.4 Å². The molecule has 2 aromatic heterocycles. The standard InChI is InChI=1S/C24H17FN2O4S/c1-12-9-13(2)19-17(10-12)32-24(26-19)27-20(14-5-3-6-15(25)11-14)18(22(29)23(27)30)21(28)16-7-4-8-31-16/h3-11,20,29H,1-2H3/t20-/m0/s1. The third kappa shape index (κ3) is 3.11. The molecule has 0 bridgehead atoms. The molecule has 0 unspecified atom stereocenters. The van der Waals surface area contributed by atoms with E-state index in [2.05, 4.69) is 4.98 Å². The summed E-state index contributed by atoms with van der Waals surface area (Å²) >= 11 is 1.27. The molecule has 6 nitrogen and oxygen atoms in total. The van der Waals surface area contributed by atoms with E-state index in [1.165, 1.54) is 52.8 Å². The highest BCUT2D eigenvalue weighted by Crippen LogP contribution is 2.44. The molecule has 1 atom stereocenters. The fourth-order valence-corrected chi connectivity index (χ4v) is 5.20. The van der Waals surface area contributed by atoms with E-state index >= 15 is 0 Å². The van der Waals surface area contributed by atoms with Crippen molar-refractivity contribution in [3.63, 3.8) is 0 Å². The summed E-state index contributed by atoms with van der Waals surface area (Å²) in [6.45, 7) is 3.90. The molecule has 1 aliphatic heterocycles. The summed E-state index contributed by atoms with van der Waals surface area (Å²) in [5, 5.41) is 11.0. The Morgan fingerprint density at radius 3 is 2.72 bits per heavy atom. The average Bonchev–Trinajstić information content (AvgIpc) is 3.47. The maximum atomic E-state index is 14.1. The lowest BCUT2D eigenvalue weighted by molar-refractivity contribution is -0.117. The van der Waals surface area contributed by atoms with E-state index in [1.807, 2.05) is 26.0 Å². The lowest BCUT2D eigenvalue weighted by Crippen LogP contribution is -2.31. The largest absolute Gasteiger partial charge is 0.503 e. The number of aliphatic hydroxyl groups excluding tert-OH is 1. The number of rotatable bonds is 4. The molecule has 0 radical (unpaired) electrons. The second kappa shape index (κ2) is 7.42. The second-order valence-corrected chi connectivity index (χ2v) is 8.64. The Bertz CT molecular complexity index is 1420. The van der Waals surface area contributed by atoms with Gasteiger partial charge in [-0.05, 0) is 60.9 Å². The molecule has 1 N–H and O–H groups in total. The second-order valence-electron chi connectivity index (χ2n) is 7.63. The minimum Gasteiger partial charge on any atom is -0.503 e. The normalized spacial score (nSPS) is 16.4. The van der Waals surface area contributed by atoms with Crippen LogP contribution in [0.25, 0.3) is 10.2 Å². The van der Waals surface area contributed by atoms with Crippen LogP contribution in [0.4, 0.5) is 9.52 Å². The van der Waals surface area contributed by atoms with E-state index in [9.17, 15) is 19.1 Å². The van der Waals surface area contributed by atoms with E-state index in [0.717, 1.165) is 21.3 Å². The molecule has 0 spiro atoms. The van der Waals surface area contributed by atoms with Gasteiger partial charge in [0.15, 0.2) is 16.7 Å². The summed E-state index contributed by atoms with van der Waals surface area (Å²) in [7, 11) is 0. The highest BCUT2D eigenvalue weighted by atomic mass is 32.1. The Kier molecular flexibility index (Phi) is 4.67. The van der Waals surface area contributed by atoms with Crippen molar-refractivity contribution in [1.29, 1.82) is 0 Å². The van der Waals surface area contributed by atoms with Crippen molar-refractivity contribution in [3.8, 4) is 0 Å². The predicted molar refractivity (Wildman–Crippen MR) is 118 cm³/mol. The maximum absolute atomic E-state index is 14.1. The van der Waals surface area contributed by atoms with E-state index in [1.54, 1.807) is 6.07 Å². The van der Waals surface area contributed by atoms with Crippen LogP contribution in [0.5, 0.6) is 0 Å². The molecule has 4 aromatic rings. The van der Waals surface area contributed by atoms with Gasteiger partial charge in [-0.3, -0.25) is 14.5 Å². The lowest BCUT2D eigenvalue weighted by Gasteiger charge is -2.24. The summed E-state index contributed by atoms with van der Waals surface area (Å²) in [6.07, 6.45) is 1.33. The predicted octanol–water partition coefficient (Wildman–Crippen LogP) is 5.43. The highest BCUT2D eigenvalue weighted by Gasteiger charge is 2.46. The SMILES string of the molecule is Cc1cc(C)c2nc(N3C(=O)C(O)=C(C(=O)c4ccco4)[C@@H]3c3cccc(F)c3)sc2c1. The van der Waals surface area contributed by atoms with Crippen molar-refractivity contribution >= 4 is 38.4 Å². The number of nitrogens with zero attached hydrogens (tertiary/aromatic N) is 2. The van der Waals surface area contributed by atoms with Gasteiger partial charge in [0.05, 0.1) is 28.1 Å². The molecule has 3 heterocycles. The first kappa shape index (κ1) is 20.1. The van der Waals surface area contributed by atoms with Crippen LogP contribution in [0.15, 0.2) is 70.5 Å². The molecule has 0 aliphatic carbocycles. The fourth-order valence-electron chi connectivity index (χ4n) is 4.03. The van der Waals surface area contributed by atoms with Crippen LogP contribution in [0.3, 0.4) is 0 Å². The molecular weight excluding hydrogens is 431 g/mol. The number of fused-ring (bicyclic) bond motifs is 1. The molecule has 0 saturated heterocycles. The molecule has 0 fully saturated rings. The monoisotopic (exact) mass is 448 g/mol. The van der Waals surface area contributed by atoms with Crippen LogP contribution in [0, 0.1) is 19.7 Å². The van der Waals surface area contributed by atoms with E-state index in [0.29, 0.717) is 10.7 Å². The van der Waals surface area contributed by atoms with Crippen molar-refractivity contribution in [2.24, 2.45) is 0 Å². The molecule has 2 aromatic carbocycles. The summed E-state index contributed by atoms with van der Waals surface area (Å²) in [5.74, 6) is -2.68. The number of ketones is 1. The molecule has 8 heteroatoms. The maximum Gasteiger partial charge on any atom is 0.296 e. The number of aromatic nitrogens is 1. The van der Waals surface area contributed by atoms with Gasteiger partial charge in [-0.15, -0.1) is 0 Å². The summed E-state index contributed by atoms with van der Waals surface area (Å²) in [4.78, 5) is 32.3. The number of benzene rings is 2. The summed E-state index contributed by atoms with van der Waals surface area (Å²) in [6, 6.07) is 11.5. The number of hydrogen-bond donors (Lipinski definition) is 1. The molecule has 5 rings (SSSR count). The van der Waals surface area contributed by atoms with Crippen LogP contribution >= 0.6 is 11.3 Å². The van der Waals surface area contributed by atoms with Crippen LogP contribution in [-0.2, 0) is 4.79 Å². The zero-order chi connectivity index (χ0) is 22.6. The number of carbonyl (C=O) groups excluding carboxylic acids is 2. The van der Waals surface area contributed by atoms with Crippen LogP contribution in [0.1, 0.15) is 33.3 Å². The first-order valence-corrected chi connectivity index (χ1v) is 10.6. The first-order chi connectivity index (χ1) is 15.3.